The number of hydrogen-bond acceptors (Lipinski definition) is 2. The Kier molecular flexibility index (Phi) is 4.96. The molecule has 2 aromatic rings. The molecule has 82 valence electrons. The summed E-state index contributed by atoms with van der Waals surface area (Å²) in [4.78, 5) is 10.6. The van der Waals surface area contributed by atoms with E-state index in [0.29, 0.717) is 5.56 Å². The van der Waals surface area contributed by atoms with Crippen LogP contribution in [0, 0.1) is 0 Å². The molecule has 0 radical (unpaired) electrons. The van der Waals surface area contributed by atoms with Crippen LogP contribution >= 0.6 is 0 Å². The topological polar surface area (TPSA) is 37.3 Å². The minimum atomic E-state index is 0.714. The third-order valence-corrected chi connectivity index (χ3v) is 2.13. The van der Waals surface area contributed by atoms with Crippen LogP contribution in [0.4, 0.5) is 0 Å². The first-order valence-electron chi connectivity index (χ1n) is 4.95. The molecule has 0 aromatic heterocycles. The summed E-state index contributed by atoms with van der Waals surface area (Å²) < 4.78 is 0. The number of carbonyl (C=O) groups excluding carboxylic acids is 1. The Labute approximate surface area is 95.2 Å². The van der Waals surface area contributed by atoms with Crippen molar-refractivity contribution in [2.24, 2.45) is 0 Å². The van der Waals surface area contributed by atoms with Crippen molar-refractivity contribution in [3.63, 3.8) is 0 Å². The molecule has 0 heterocycles. The molecule has 0 unspecified atom stereocenters. The van der Waals surface area contributed by atoms with Gasteiger partial charge in [-0.25, -0.2) is 0 Å². The number of aliphatic hydroxyl groups excluding tert-OH is 1. The second-order valence-electron chi connectivity index (χ2n) is 3.11. The van der Waals surface area contributed by atoms with Crippen LogP contribution in [0.15, 0.2) is 54.6 Å². The predicted molar refractivity (Wildman–Crippen MR) is 65.4 cm³/mol. The van der Waals surface area contributed by atoms with Gasteiger partial charge in [-0.3, -0.25) is 4.79 Å². The zero-order chi connectivity index (χ0) is 11.8. The molecule has 0 aliphatic heterocycles. The van der Waals surface area contributed by atoms with Crippen LogP contribution in [-0.2, 0) is 0 Å². The second-order valence-corrected chi connectivity index (χ2v) is 3.11. The molecule has 2 rings (SSSR count). The van der Waals surface area contributed by atoms with Crippen LogP contribution in [0.1, 0.15) is 10.4 Å². The maximum absolute atomic E-state index is 10.6. The van der Waals surface area contributed by atoms with Gasteiger partial charge in [-0.2, -0.15) is 0 Å². The number of benzene rings is 2. The third kappa shape index (κ3) is 3.04. The van der Waals surface area contributed by atoms with Crippen molar-refractivity contribution in [2.75, 3.05) is 7.11 Å². The van der Waals surface area contributed by atoms with Gasteiger partial charge < -0.3 is 5.11 Å². The molecule has 0 spiro atoms. The third-order valence-electron chi connectivity index (χ3n) is 2.13. The molecule has 2 aromatic carbocycles. The highest BCUT2D eigenvalue weighted by Crippen LogP contribution is 2.18. The van der Waals surface area contributed by atoms with E-state index >= 15 is 0 Å². The van der Waals surface area contributed by atoms with Crippen molar-refractivity contribution in [3.05, 3.63) is 60.2 Å². The predicted octanol–water partition coefficient (Wildman–Crippen LogP) is 2.77. The van der Waals surface area contributed by atoms with Gasteiger partial charge in [0.2, 0.25) is 0 Å². The largest absolute Gasteiger partial charge is 0.400 e. The van der Waals surface area contributed by atoms with Crippen LogP contribution in [0.3, 0.4) is 0 Å². The molecule has 0 atom stereocenters. The summed E-state index contributed by atoms with van der Waals surface area (Å²) >= 11 is 0. The summed E-state index contributed by atoms with van der Waals surface area (Å²) in [7, 11) is 1.00. The lowest BCUT2D eigenvalue weighted by Crippen LogP contribution is -1.81. The molecule has 0 aliphatic carbocycles. The van der Waals surface area contributed by atoms with Crippen molar-refractivity contribution >= 4 is 6.29 Å². The molecule has 0 saturated heterocycles. The highest BCUT2D eigenvalue weighted by molar-refractivity contribution is 5.78. The zero-order valence-electron chi connectivity index (χ0n) is 9.13. The van der Waals surface area contributed by atoms with E-state index in [1.165, 1.54) is 0 Å². The van der Waals surface area contributed by atoms with E-state index < -0.39 is 0 Å². The van der Waals surface area contributed by atoms with Crippen LogP contribution in [0.25, 0.3) is 11.1 Å². The first-order valence-corrected chi connectivity index (χ1v) is 4.95. The molecule has 2 nitrogen and oxygen atoms in total. The first-order chi connectivity index (χ1) is 7.90. The van der Waals surface area contributed by atoms with Gasteiger partial charge in [0.25, 0.3) is 0 Å². The Hall–Kier alpha value is -1.93. The Morgan fingerprint density at radius 1 is 0.875 bits per heavy atom. The van der Waals surface area contributed by atoms with Crippen LogP contribution in [-0.4, -0.2) is 18.5 Å². The average molecular weight is 214 g/mol. The monoisotopic (exact) mass is 214 g/mol. The van der Waals surface area contributed by atoms with Gasteiger partial charge in [0.05, 0.1) is 0 Å². The van der Waals surface area contributed by atoms with E-state index in [2.05, 4.69) is 0 Å². The minimum Gasteiger partial charge on any atom is -0.400 e. The average Bonchev–Trinajstić information content (AvgIpc) is 2.42. The summed E-state index contributed by atoms with van der Waals surface area (Å²) in [5, 5.41) is 7.00. The number of hydrogen-bond donors (Lipinski definition) is 1. The summed E-state index contributed by atoms with van der Waals surface area (Å²) in [5.74, 6) is 0. The molecule has 0 fully saturated rings. The lowest BCUT2D eigenvalue weighted by Gasteiger charge is -2.00. The van der Waals surface area contributed by atoms with Gasteiger partial charge in [-0.1, -0.05) is 48.5 Å². The van der Waals surface area contributed by atoms with Gasteiger partial charge >= 0.3 is 0 Å². The highest BCUT2D eigenvalue weighted by Gasteiger charge is 1.96. The van der Waals surface area contributed by atoms with Crippen molar-refractivity contribution < 1.29 is 9.90 Å². The summed E-state index contributed by atoms with van der Waals surface area (Å²) in [5.41, 5.74) is 2.93. The zero-order valence-corrected chi connectivity index (χ0v) is 9.13. The van der Waals surface area contributed by atoms with Crippen molar-refractivity contribution in [1.29, 1.82) is 0 Å². The van der Waals surface area contributed by atoms with Gasteiger partial charge in [0.1, 0.15) is 6.29 Å². The quantitative estimate of drug-likeness (QED) is 0.780. The number of rotatable bonds is 2. The Balaban J connectivity index is 0.000000606. The molecule has 16 heavy (non-hydrogen) atoms. The number of aldehydes is 1. The van der Waals surface area contributed by atoms with Crippen LogP contribution in [0.2, 0.25) is 0 Å². The molecule has 0 amide bonds. The van der Waals surface area contributed by atoms with E-state index in [4.69, 9.17) is 5.11 Å². The van der Waals surface area contributed by atoms with Gasteiger partial charge in [0, 0.05) is 12.7 Å². The maximum Gasteiger partial charge on any atom is 0.150 e. The highest BCUT2D eigenvalue weighted by atomic mass is 16.2. The Morgan fingerprint density at radius 3 is 2.12 bits per heavy atom. The van der Waals surface area contributed by atoms with Crippen molar-refractivity contribution in [3.8, 4) is 11.1 Å². The molecule has 0 bridgehead atoms. The fraction of sp³-hybridized carbons (Fsp3) is 0.0714. The summed E-state index contributed by atoms with van der Waals surface area (Å²) in [6.45, 7) is 0. The van der Waals surface area contributed by atoms with E-state index in [1.54, 1.807) is 6.07 Å². The van der Waals surface area contributed by atoms with Gasteiger partial charge in [-0.05, 0) is 17.2 Å². The number of carbonyl (C=O) groups is 1. The smallest absolute Gasteiger partial charge is 0.150 e. The lowest BCUT2D eigenvalue weighted by atomic mass is 10.0. The van der Waals surface area contributed by atoms with Crippen molar-refractivity contribution in [2.45, 2.75) is 0 Å². The first kappa shape index (κ1) is 12.1. The second kappa shape index (κ2) is 6.53. The molecule has 0 aliphatic rings. The number of aliphatic hydroxyl groups is 1. The standard InChI is InChI=1S/C13H10O.CH4O/c14-10-11-5-4-8-13(9-11)12-6-2-1-3-7-12;1-2/h1-10H;2H,1H3. The van der Waals surface area contributed by atoms with E-state index in [-0.39, 0.29) is 0 Å². The van der Waals surface area contributed by atoms with Gasteiger partial charge in [-0.15, -0.1) is 0 Å². The Bertz CT molecular complexity index is 435. The summed E-state index contributed by atoms with van der Waals surface area (Å²) in [6, 6.07) is 17.6. The maximum atomic E-state index is 10.6. The van der Waals surface area contributed by atoms with Crippen LogP contribution in [0.5, 0.6) is 0 Å². The molecular formula is C14H14O2. The van der Waals surface area contributed by atoms with E-state index in [1.807, 2.05) is 48.5 Å². The van der Waals surface area contributed by atoms with Crippen molar-refractivity contribution in [1.82, 2.24) is 0 Å². The molecular weight excluding hydrogens is 200 g/mol. The van der Waals surface area contributed by atoms with Gasteiger partial charge in [0.15, 0.2) is 0 Å². The SMILES string of the molecule is CO.O=Cc1cccc(-c2ccccc2)c1. The minimum absolute atomic E-state index is 0.714. The van der Waals surface area contributed by atoms with E-state index in [9.17, 15) is 4.79 Å². The molecule has 0 saturated carbocycles. The fourth-order valence-corrected chi connectivity index (χ4v) is 1.42. The normalized spacial score (nSPS) is 8.88. The molecule has 2 heteroatoms. The van der Waals surface area contributed by atoms with Crippen LogP contribution < -0.4 is 0 Å². The molecule has 1 N–H and O–H groups in total. The Morgan fingerprint density at radius 2 is 1.50 bits per heavy atom. The lowest BCUT2D eigenvalue weighted by molar-refractivity contribution is 0.112. The van der Waals surface area contributed by atoms with E-state index in [0.717, 1.165) is 24.5 Å². The fourth-order valence-electron chi connectivity index (χ4n) is 1.42. The summed E-state index contributed by atoms with van der Waals surface area (Å²) in [6.07, 6.45) is 0.867.